The summed E-state index contributed by atoms with van der Waals surface area (Å²) in [5.41, 5.74) is 8.58. The third-order valence-electron chi connectivity index (χ3n) is 4.26. The molecule has 26 heavy (non-hydrogen) atoms. The second-order valence-electron chi connectivity index (χ2n) is 6.21. The van der Waals surface area contributed by atoms with Gasteiger partial charge in [0.2, 0.25) is 5.89 Å². The van der Waals surface area contributed by atoms with Gasteiger partial charge >= 0.3 is 0 Å². The van der Waals surface area contributed by atoms with E-state index in [1.165, 1.54) is 0 Å². The van der Waals surface area contributed by atoms with Gasteiger partial charge in [0.15, 0.2) is 5.58 Å². The van der Waals surface area contributed by atoms with E-state index in [-0.39, 0.29) is 6.54 Å². The van der Waals surface area contributed by atoms with Gasteiger partial charge in [0, 0.05) is 5.56 Å². The maximum Gasteiger partial charge on any atom is 0.282 e. The van der Waals surface area contributed by atoms with E-state index in [0.29, 0.717) is 27.6 Å². The summed E-state index contributed by atoms with van der Waals surface area (Å²) >= 11 is 6.25. The van der Waals surface area contributed by atoms with Crippen LogP contribution in [0.4, 0.5) is 8.78 Å². The molecule has 134 valence electrons. The van der Waals surface area contributed by atoms with Crippen LogP contribution in [0.5, 0.6) is 0 Å². The monoisotopic (exact) mass is 377 g/mol. The molecule has 0 radical (unpaired) electrons. The lowest BCUT2D eigenvalue weighted by Gasteiger charge is -2.38. The van der Waals surface area contributed by atoms with E-state index in [4.69, 9.17) is 21.8 Å². The van der Waals surface area contributed by atoms with Gasteiger partial charge in [-0.25, -0.2) is 13.8 Å². The molecular weight excluding hydrogens is 364 g/mol. The van der Waals surface area contributed by atoms with Gasteiger partial charge in [-0.15, -0.1) is 0 Å². The van der Waals surface area contributed by atoms with Gasteiger partial charge in [0.05, 0.1) is 24.7 Å². The number of alkyl halides is 2. The fourth-order valence-corrected chi connectivity index (χ4v) is 3.19. The zero-order valence-electron chi connectivity index (χ0n) is 13.5. The number of carbonyl (C=O) groups excluding carboxylic acids is 1. The molecule has 0 atom stereocenters. The predicted molar refractivity (Wildman–Crippen MR) is 93.2 cm³/mol. The topological polar surface area (TPSA) is 72.4 Å². The van der Waals surface area contributed by atoms with Crippen molar-refractivity contribution < 1.29 is 18.0 Å². The van der Waals surface area contributed by atoms with Crippen molar-refractivity contribution in [1.82, 2.24) is 9.88 Å². The van der Waals surface area contributed by atoms with E-state index in [2.05, 4.69) is 4.98 Å². The first-order chi connectivity index (χ1) is 12.4. The van der Waals surface area contributed by atoms with E-state index < -0.39 is 24.9 Å². The van der Waals surface area contributed by atoms with Crippen LogP contribution >= 0.6 is 11.6 Å². The fraction of sp³-hybridized carbons (Fsp3) is 0.222. The highest BCUT2D eigenvalue weighted by Crippen LogP contribution is 2.32. The second-order valence-corrected chi connectivity index (χ2v) is 6.62. The minimum absolute atomic E-state index is 0.173. The number of rotatable bonds is 3. The Hall–Kier alpha value is -2.51. The molecule has 2 heterocycles. The van der Waals surface area contributed by atoms with E-state index in [1.54, 1.807) is 30.3 Å². The summed E-state index contributed by atoms with van der Waals surface area (Å²) in [6.45, 7) is -0.891. The van der Waals surface area contributed by atoms with E-state index in [1.807, 2.05) is 6.07 Å². The van der Waals surface area contributed by atoms with Crippen LogP contribution in [0.15, 0.2) is 40.8 Å². The van der Waals surface area contributed by atoms with Crippen LogP contribution < -0.4 is 5.73 Å². The number of aromatic nitrogens is 1. The Bertz CT molecular complexity index is 994. The summed E-state index contributed by atoms with van der Waals surface area (Å²) in [5.74, 6) is -2.78. The average Bonchev–Trinajstić information content (AvgIpc) is 3.03. The molecule has 1 aliphatic rings. The molecule has 1 aliphatic heterocycles. The predicted octanol–water partition coefficient (Wildman–Crippen LogP) is 3.70. The summed E-state index contributed by atoms with van der Waals surface area (Å²) < 4.78 is 31.3. The molecular formula is C18H14ClF2N3O2. The van der Waals surface area contributed by atoms with Gasteiger partial charge in [-0.05, 0) is 35.4 Å². The van der Waals surface area contributed by atoms with Crippen molar-refractivity contribution >= 4 is 28.6 Å². The number of hydrogen-bond acceptors (Lipinski definition) is 4. The lowest BCUT2D eigenvalue weighted by Crippen LogP contribution is -2.58. The smallest absolute Gasteiger partial charge is 0.282 e. The number of fused-ring (bicyclic) bond motifs is 1. The Balaban J connectivity index is 1.61. The van der Waals surface area contributed by atoms with Crippen LogP contribution in [0, 0.1) is 0 Å². The molecule has 0 unspecified atom stereocenters. The molecule has 1 amide bonds. The molecule has 1 saturated heterocycles. The summed E-state index contributed by atoms with van der Waals surface area (Å²) in [4.78, 5) is 17.6. The molecule has 2 N–H and O–H groups in total. The van der Waals surface area contributed by atoms with Crippen molar-refractivity contribution in [3.8, 4) is 11.1 Å². The molecule has 0 aliphatic carbocycles. The van der Waals surface area contributed by atoms with Crippen LogP contribution in [0.3, 0.4) is 0 Å². The lowest BCUT2D eigenvalue weighted by atomic mass is 10.0. The second kappa shape index (κ2) is 6.03. The molecule has 2 aromatic carbocycles. The van der Waals surface area contributed by atoms with Gasteiger partial charge in [0.1, 0.15) is 5.52 Å². The van der Waals surface area contributed by atoms with Crippen LogP contribution in [0.25, 0.3) is 22.2 Å². The van der Waals surface area contributed by atoms with Gasteiger partial charge < -0.3 is 15.1 Å². The molecule has 0 spiro atoms. The summed E-state index contributed by atoms with van der Waals surface area (Å²) in [6, 6.07) is 10.3. The molecule has 3 aromatic rings. The largest absolute Gasteiger partial charge is 0.438 e. The van der Waals surface area contributed by atoms with Crippen molar-refractivity contribution in [3.05, 3.63) is 52.9 Å². The molecule has 0 saturated carbocycles. The van der Waals surface area contributed by atoms with Gasteiger partial charge in [-0.2, -0.15) is 0 Å². The number of nitrogens with two attached hydrogens (primary N) is 1. The minimum atomic E-state index is -2.78. The van der Waals surface area contributed by atoms with Crippen molar-refractivity contribution in [2.45, 2.75) is 12.5 Å². The molecule has 4 rings (SSSR count). The molecule has 0 bridgehead atoms. The minimum Gasteiger partial charge on any atom is -0.438 e. The van der Waals surface area contributed by atoms with E-state index >= 15 is 0 Å². The number of carbonyl (C=O) groups is 1. The Kier molecular flexibility index (Phi) is 3.93. The van der Waals surface area contributed by atoms with Crippen molar-refractivity contribution in [2.24, 2.45) is 5.73 Å². The maximum absolute atomic E-state index is 12.9. The summed E-state index contributed by atoms with van der Waals surface area (Å²) in [7, 11) is 0. The zero-order chi connectivity index (χ0) is 18.5. The Labute approximate surface area is 152 Å². The van der Waals surface area contributed by atoms with Crippen LogP contribution in [0.2, 0.25) is 5.02 Å². The normalized spacial score (nSPS) is 15.9. The number of halogens is 3. The van der Waals surface area contributed by atoms with Crippen molar-refractivity contribution in [2.75, 3.05) is 13.1 Å². The van der Waals surface area contributed by atoms with Crippen molar-refractivity contribution in [1.29, 1.82) is 0 Å². The third kappa shape index (κ3) is 2.93. The number of benzene rings is 2. The molecule has 5 nitrogen and oxygen atoms in total. The van der Waals surface area contributed by atoms with Gasteiger partial charge in [-0.1, -0.05) is 23.7 Å². The Morgan fingerprint density at radius 3 is 2.54 bits per heavy atom. The summed E-state index contributed by atoms with van der Waals surface area (Å²) in [6.07, 6.45) is 0. The highest BCUT2D eigenvalue weighted by atomic mass is 35.5. The zero-order valence-corrected chi connectivity index (χ0v) is 14.3. The van der Waals surface area contributed by atoms with Crippen LogP contribution in [-0.4, -0.2) is 34.8 Å². The number of likely N-dealkylation sites (tertiary alicyclic amines) is 1. The van der Waals surface area contributed by atoms with Crippen LogP contribution in [-0.2, 0) is 6.54 Å². The van der Waals surface area contributed by atoms with Gasteiger partial charge in [0.25, 0.3) is 11.8 Å². The average molecular weight is 378 g/mol. The number of hydrogen-bond donors (Lipinski definition) is 1. The lowest BCUT2D eigenvalue weighted by molar-refractivity contribution is -0.113. The number of oxazole rings is 1. The first kappa shape index (κ1) is 16.9. The SMILES string of the molecule is NCc1nc2cc(-c3ccc(C(=O)N4CC(F)(F)C4)cc3)cc(Cl)c2o1. The molecule has 1 fully saturated rings. The molecule has 1 aromatic heterocycles. The number of nitrogens with zero attached hydrogens (tertiary/aromatic N) is 2. The maximum atomic E-state index is 12.9. The quantitative estimate of drug-likeness (QED) is 0.755. The van der Waals surface area contributed by atoms with E-state index in [9.17, 15) is 13.6 Å². The first-order valence-electron chi connectivity index (χ1n) is 7.93. The Morgan fingerprint density at radius 2 is 1.92 bits per heavy atom. The highest BCUT2D eigenvalue weighted by molar-refractivity contribution is 6.35. The number of amides is 1. The first-order valence-corrected chi connectivity index (χ1v) is 8.31. The Morgan fingerprint density at radius 1 is 1.23 bits per heavy atom. The third-order valence-corrected chi connectivity index (χ3v) is 4.54. The standard InChI is InChI=1S/C18H14ClF2N3O2/c19-13-5-12(6-14-16(13)26-15(7-22)23-14)10-1-3-11(4-2-10)17(25)24-8-18(20,21)9-24/h1-6H,7-9,22H2. The fourth-order valence-electron chi connectivity index (χ4n) is 2.94. The van der Waals surface area contributed by atoms with E-state index in [0.717, 1.165) is 16.0 Å². The van der Waals surface area contributed by atoms with Crippen molar-refractivity contribution in [3.63, 3.8) is 0 Å². The molecule has 8 heteroatoms. The van der Waals surface area contributed by atoms with Gasteiger partial charge in [-0.3, -0.25) is 4.79 Å². The summed E-state index contributed by atoms with van der Waals surface area (Å²) in [5, 5.41) is 0.410. The van der Waals surface area contributed by atoms with Crippen LogP contribution in [0.1, 0.15) is 16.2 Å². The highest BCUT2D eigenvalue weighted by Gasteiger charge is 2.46.